The van der Waals surface area contributed by atoms with Gasteiger partial charge in [-0.3, -0.25) is 4.90 Å². The van der Waals surface area contributed by atoms with Gasteiger partial charge in [0.05, 0.1) is 11.1 Å². The van der Waals surface area contributed by atoms with E-state index in [1.54, 1.807) is 6.07 Å². The van der Waals surface area contributed by atoms with E-state index in [0.29, 0.717) is 13.0 Å². The fourth-order valence-electron chi connectivity index (χ4n) is 2.89. The fourth-order valence-corrected chi connectivity index (χ4v) is 3.06. The Balaban J connectivity index is 1.69. The number of carbonyl (C=O) groups excluding carboxylic acids is 1. The second kappa shape index (κ2) is 8.19. The average Bonchev–Trinajstić information content (AvgIpc) is 3.14. The lowest BCUT2D eigenvalue weighted by molar-refractivity contribution is 0.0991. The molecule has 0 saturated carbocycles. The van der Waals surface area contributed by atoms with E-state index in [1.165, 1.54) is 17.0 Å². The summed E-state index contributed by atoms with van der Waals surface area (Å²) in [5, 5.41) is -0.0235. The van der Waals surface area contributed by atoms with E-state index in [4.69, 9.17) is 22.1 Å². The molecule has 1 heterocycles. The molecule has 26 heavy (non-hydrogen) atoms. The second-order valence-electron chi connectivity index (χ2n) is 6.00. The third kappa shape index (κ3) is 4.14. The number of hydrogen-bond acceptors (Lipinski definition) is 3. The first kappa shape index (κ1) is 18.2. The monoisotopic (exact) mass is 375 g/mol. The highest BCUT2D eigenvalue weighted by Gasteiger charge is 2.32. The molecule has 1 aliphatic rings. The van der Waals surface area contributed by atoms with Crippen LogP contribution in [0.5, 0.6) is 0 Å². The summed E-state index contributed by atoms with van der Waals surface area (Å²) in [6, 6.07) is 13.5. The highest BCUT2D eigenvalue weighted by atomic mass is 35.5. The number of rotatable bonds is 4. The van der Waals surface area contributed by atoms with E-state index in [9.17, 15) is 9.18 Å². The summed E-state index contributed by atoms with van der Waals surface area (Å²) >= 11 is 5.77. The van der Waals surface area contributed by atoms with Gasteiger partial charge in [-0.1, -0.05) is 48.0 Å². The third-order valence-corrected chi connectivity index (χ3v) is 4.51. The molecule has 0 radical (unpaired) electrons. The topological polar surface area (TPSA) is 67.9 Å². The molecule has 0 spiro atoms. The number of carbonyl (C=O) groups is 1. The molecule has 0 aromatic heterocycles. The van der Waals surface area contributed by atoms with Gasteiger partial charge in [-0.25, -0.2) is 14.2 Å². The summed E-state index contributed by atoms with van der Waals surface area (Å²) in [6.07, 6.45) is 0.971. The lowest BCUT2D eigenvalue weighted by atomic mass is 10.2. The molecule has 2 aromatic carbocycles. The van der Waals surface area contributed by atoms with Gasteiger partial charge in [0.2, 0.25) is 0 Å². The molecule has 1 unspecified atom stereocenters. The molecule has 0 aliphatic carbocycles. The zero-order valence-corrected chi connectivity index (χ0v) is 14.8. The van der Waals surface area contributed by atoms with Crippen molar-refractivity contribution in [3.63, 3.8) is 0 Å². The summed E-state index contributed by atoms with van der Waals surface area (Å²) < 4.78 is 19.4. The predicted octanol–water partition coefficient (Wildman–Crippen LogP) is 4.27. The Labute approximate surface area is 156 Å². The molecule has 1 aliphatic heterocycles. The van der Waals surface area contributed by atoms with Crippen molar-refractivity contribution in [2.75, 3.05) is 6.54 Å². The van der Waals surface area contributed by atoms with E-state index in [-0.39, 0.29) is 23.2 Å². The lowest BCUT2D eigenvalue weighted by Gasteiger charge is -2.23. The van der Waals surface area contributed by atoms with Gasteiger partial charge in [-0.05, 0) is 30.5 Å². The van der Waals surface area contributed by atoms with E-state index in [1.807, 2.05) is 30.3 Å². The van der Waals surface area contributed by atoms with Crippen molar-refractivity contribution in [3.05, 3.63) is 64.9 Å². The standard InChI is InChI=1S/C19H19ClFN3O2/c20-14-8-4-9-15(17(14)21)23-18(22)16-10-5-11-24(16)19(25)26-12-13-6-2-1-3-7-13/h1-4,6-9,16H,5,10-12H2,(H2,22,23). The molecule has 5 nitrogen and oxygen atoms in total. The number of hydrogen-bond donors (Lipinski definition) is 1. The van der Waals surface area contributed by atoms with Crippen LogP contribution in [0.3, 0.4) is 0 Å². The van der Waals surface area contributed by atoms with Crippen LogP contribution >= 0.6 is 11.6 Å². The number of amidine groups is 1. The van der Waals surface area contributed by atoms with E-state index in [0.717, 1.165) is 12.0 Å². The van der Waals surface area contributed by atoms with Crippen molar-refractivity contribution in [2.45, 2.75) is 25.5 Å². The number of nitrogens with two attached hydrogens (primary N) is 1. The van der Waals surface area contributed by atoms with Crippen molar-refractivity contribution < 1.29 is 13.9 Å². The summed E-state index contributed by atoms with van der Waals surface area (Å²) in [5.74, 6) is -0.464. The van der Waals surface area contributed by atoms with Crippen molar-refractivity contribution in [3.8, 4) is 0 Å². The highest BCUT2D eigenvalue weighted by molar-refractivity contribution is 6.31. The number of nitrogens with zero attached hydrogens (tertiary/aromatic N) is 2. The van der Waals surface area contributed by atoms with Crippen molar-refractivity contribution in [1.29, 1.82) is 0 Å². The van der Waals surface area contributed by atoms with Crippen LogP contribution in [0.2, 0.25) is 5.02 Å². The van der Waals surface area contributed by atoms with Crippen LogP contribution < -0.4 is 5.73 Å². The molecule has 1 amide bonds. The number of aliphatic imine (C=N–C) groups is 1. The van der Waals surface area contributed by atoms with Gasteiger partial charge in [-0.2, -0.15) is 0 Å². The van der Waals surface area contributed by atoms with Crippen molar-refractivity contribution >= 4 is 29.2 Å². The summed E-state index contributed by atoms with van der Waals surface area (Å²) in [6.45, 7) is 0.704. The van der Waals surface area contributed by atoms with Crippen LogP contribution in [-0.4, -0.2) is 29.4 Å². The molecule has 136 valence electrons. The van der Waals surface area contributed by atoms with Gasteiger partial charge < -0.3 is 10.5 Å². The van der Waals surface area contributed by atoms with Crippen molar-refractivity contribution in [2.24, 2.45) is 10.7 Å². The number of amides is 1. The van der Waals surface area contributed by atoms with Crippen LogP contribution in [0.4, 0.5) is 14.9 Å². The first-order valence-corrected chi connectivity index (χ1v) is 8.69. The van der Waals surface area contributed by atoms with Gasteiger partial charge in [0, 0.05) is 6.54 Å². The van der Waals surface area contributed by atoms with Gasteiger partial charge in [0.25, 0.3) is 0 Å². The van der Waals surface area contributed by atoms with Crippen molar-refractivity contribution in [1.82, 2.24) is 4.90 Å². The van der Waals surface area contributed by atoms with Gasteiger partial charge in [-0.15, -0.1) is 0 Å². The summed E-state index contributed by atoms with van der Waals surface area (Å²) in [5.41, 5.74) is 7.01. The maximum atomic E-state index is 14.0. The van der Waals surface area contributed by atoms with Crippen LogP contribution in [-0.2, 0) is 11.3 Å². The predicted molar refractivity (Wildman–Crippen MR) is 99.0 cm³/mol. The molecule has 0 bridgehead atoms. The Morgan fingerprint density at radius 3 is 2.81 bits per heavy atom. The summed E-state index contributed by atoms with van der Waals surface area (Å²) in [4.78, 5) is 18.1. The zero-order chi connectivity index (χ0) is 18.5. The quantitative estimate of drug-likeness (QED) is 0.641. The Hall–Kier alpha value is -2.60. The zero-order valence-electron chi connectivity index (χ0n) is 14.1. The Bertz CT molecular complexity index is 814. The minimum absolute atomic E-state index is 0.0235. The summed E-state index contributed by atoms with van der Waals surface area (Å²) in [7, 11) is 0. The molecule has 2 aromatic rings. The SMILES string of the molecule is NC(=Nc1cccc(Cl)c1F)C1CCCN1C(=O)OCc1ccccc1. The van der Waals surface area contributed by atoms with Gasteiger partial charge >= 0.3 is 6.09 Å². The minimum Gasteiger partial charge on any atom is -0.445 e. The maximum absolute atomic E-state index is 14.0. The number of halogens is 2. The molecule has 3 rings (SSSR count). The molecular weight excluding hydrogens is 357 g/mol. The van der Waals surface area contributed by atoms with E-state index in [2.05, 4.69) is 4.99 Å². The second-order valence-corrected chi connectivity index (χ2v) is 6.41. The van der Waals surface area contributed by atoms with E-state index < -0.39 is 18.0 Å². The molecule has 1 atom stereocenters. The maximum Gasteiger partial charge on any atom is 0.410 e. The van der Waals surface area contributed by atoms with Crippen LogP contribution in [0.15, 0.2) is 53.5 Å². The Morgan fingerprint density at radius 1 is 1.27 bits per heavy atom. The smallest absolute Gasteiger partial charge is 0.410 e. The van der Waals surface area contributed by atoms with Gasteiger partial charge in [0.1, 0.15) is 18.1 Å². The van der Waals surface area contributed by atoms with Crippen LogP contribution in [0.25, 0.3) is 0 Å². The average molecular weight is 376 g/mol. The number of ether oxygens (including phenoxy) is 1. The first-order valence-electron chi connectivity index (χ1n) is 8.31. The molecular formula is C19H19ClFN3O2. The Morgan fingerprint density at radius 2 is 2.04 bits per heavy atom. The lowest BCUT2D eigenvalue weighted by Crippen LogP contribution is -2.44. The first-order chi connectivity index (χ1) is 12.6. The highest BCUT2D eigenvalue weighted by Crippen LogP contribution is 2.26. The normalized spacial score (nSPS) is 17.4. The minimum atomic E-state index is -0.631. The molecule has 1 saturated heterocycles. The molecule has 7 heteroatoms. The van der Waals surface area contributed by atoms with Crippen LogP contribution in [0, 0.1) is 5.82 Å². The van der Waals surface area contributed by atoms with E-state index >= 15 is 0 Å². The number of benzene rings is 2. The third-order valence-electron chi connectivity index (χ3n) is 4.21. The number of likely N-dealkylation sites (tertiary alicyclic amines) is 1. The Kier molecular flexibility index (Phi) is 5.73. The molecule has 1 fully saturated rings. The van der Waals surface area contributed by atoms with Crippen LogP contribution in [0.1, 0.15) is 18.4 Å². The largest absolute Gasteiger partial charge is 0.445 e. The molecule has 2 N–H and O–H groups in total. The fraction of sp³-hybridized carbons (Fsp3) is 0.263. The van der Waals surface area contributed by atoms with Gasteiger partial charge in [0.15, 0.2) is 5.82 Å².